The van der Waals surface area contributed by atoms with Crippen LogP contribution in [0.1, 0.15) is 21.9 Å². The number of carbonyl (C=O) groups is 1. The summed E-state index contributed by atoms with van der Waals surface area (Å²) < 4.78 is 7.23. The fourth-order valence-corrected chi connectivity index (χ4v) is 2.97. The highest BCUT2D eigenvalue weighted by Gasteiger charge is 2.27. The van der Waals surface area contributed by atoms with Crippen molar-refractivity contribution in [2.75, 3.05) is 21.1 Å². The van der Waals surface area contributed by atoms with Crippen molar-refractivity contribution in [1.29, 1.82) is 0 Å². The average Bonchev–Trinajstić information content (AvgIpc) is 3.18. The van der Waals surface area contributed by atoms with Crippen LogP contribution in [0.15, 0.2) is 35.1 Å². The van der Waals surface area contributed by atoms with Crippen molar-refractivity contribution in [3.05, 3.63) is 47.7 Å². The minimum atomic E-state index is -0.0216. The van der Waals surface area contributed by atoms with Gasteiger partial charge in [0.2, 0.25) is 11.7 Å². The van der Waals surface area contributed by atoms with Gasteiger partial charge in [-0.05, 0) is 26.2 Å². The lowest BCUT2D eigenvalue weighted by atomic mass is 10.1. The van der Waals surface area contributed by atoms with Gasteiger partial charge in [0.15, 0.2) is 0 Å². The minimum absolute atomic E-state index is 0.0216. The molecule has 3 heterocycles. The van der Waals surface area contributed by atoms with E-state index in [0.717, 1.165) is 11.4 Å². The monoisotopic (exact) mass is 338 g/mol. The van der Waals surface area contributed by atoms with E-state index in [1.54, 1.807) is 18.3 Å². The summed E-state index contributed by atoms with van der Waals surface area (Å²) in [7, 11) is 5.65. The first kappa shape index (κ1) is 15.5. The third-order valence-electron chi connectivity index (χ3n) is 4.13. The highest BCUT2D eigenvalue weighted by Crippen LogP contribution is 2.29. The molecule has 0 aliphatic carbocycles. The minimum Gasteiger partial charge on any atom is -0.337 e. The quantitative estimate of drug-likeness (QED) is 0.721. The van der Waals surface area contributed by atoms with Gasteiger partial charge in [0.05, 0.1) is 30.0 Å². The molecule has 0 spiro atoms. The van der Waals surface area contributed by atoms with E-state index in [9.17, 15) is 4.79 Å². The number of para-hydroxylation sites is 1. The van der Waals surface area contributed by atoms with Crippen molar-refractivity contribution in [2.24, 2.45) is 0 Å². The van der Waals surface area contributed by atoms with Crippen molar-refractivity contribution in [3.63, 3.8) is 0 Å². The van der Waals surface area contributed by atoms with E-state index in [1.165, 1.54) is 0 Å². The molecule has 1 aromatic carbocycles. The van der Waals surface area contributed by atoms with Gasteiger partial charge in [-0.25, -0.2) is 4.98 Å². The van der Waals surface area contributed by atoms with Gasteiger partial charge in [0, 0.05) is 7.05 Å². The molecule has 8 heteroatoms. The number of amides is 1. The van der Waals surface area contributed by atoms with Crippen LogP contribution < -0.4 is 0 Å². The molecule has 0 fully saturated rings. The topological polar surface area (TPSA) is 80.3 Å². The SMILES string of the molecule is CN(C)Cc1nc(-c2ncn3c2CN(C)C(=O)c2ccccc2-3)no1. The molecule has 0 saturated carbocycles. The predicted octanol–water partition coefficient (Wildman–Crippen LogP) is 1.57. The van der Waals surface area contributed by atoms with Gasteiger partial charge >= 0.3 is 0 Å². The lowest BCUT2D eigenvalue weighted by Crippen LogP contribution is -2.25. The molecule has 0 unspecified atom stereocenters. The third kappa shape index (κ3) is 2.60. The van der Waals surface area contributed by atoms with Crippen LogP contribution in [-0.2, 0) is 13.1 Å². The summed E-state index contributed by atoms with van der Waals surface area (Å²) >= 11 is 0. The van der Waals surface area contributed by atoms with E-state index in [2.05, 4.69) is 15.1 Å². The number of hydrogen-bond acceptors (Lipinski definition) is 6. The molecular weight excluding hydrogens is 320 g/mol. The van der Waals surface area contributed by atoms with Crippen LogP contribution in [0.5, 0.6) is 0 Å². The van der Waals surface area contributed by atoms with Gasteiger partial charge in [-0.15, -0.1) is 0 Å². The molecule has 4 rings (SSSR count). The van der Waals surface area contributed by atoms with E-state index in [4.69, 9.17) is 4.52 Å². The molecule has 0 N–H and O–H groups in total. The molecule has 25 heavy (non-hydrogen) atoms. The van der Waals surface area contributed by atoms with E-state index >= 15 is 0 Å². The Balaban J connectivity index is 1.82. The fourth-order valence-electron chi connectivity index (χ4n) is 2.97. The number of rotatable bonds is 3. The zero-order valence-electron chi connectivity index (χ0n) is 14.3. The van der Waals surface area contributed by atoms with Gasteiger partial charge in [-0.3, -0.25) is 9.36 Å². The Morgan fingerprint density at radius 3 is 2.88 bits per heavy atom. The van der Waals surface area contributed by atoms with Crippen molar-refractivity contribution in [3.8, 4) is 17.2 Å². The van der Waals surface area contributed by atoms with E-state index in [0.29, 0.717) is 36.1 Å². The van der Waals surface area contributed by atoms with Crippen molar-refractivity contribution in [2.45, 2.75) is 13.1 Å². The highest BCUT2D eigenvalue weighted by atomic mass is 16.5. The van der Waals surface area contributed by atoms with E-state index in [1.807, 2.05) is 47.8 Å². The van der Waals surface area contributed by atoms with Gasteiger partial charge in [-0.2, -0.15) is 4.98 Å². The van der Waals surface area contributed by atoms with Gasteiger partial charge in [-0.1, -0.05) is 17.3 Å². The van der Waals surface area contributed by atoms with Crippen LogP contribution in [0, 0.1) is 0 Å². The maximum Gasteiger partial charge on any atom is 0.256 e. The van der Waals surface area contributed by atoms with Crippen LogP contribution in [0.3, 0.4) is 0 Å². The Morgan fingerprint density at radius 2 is 2.08 bits per heavy atom. The summed E-state index contributed by atoms with van der Waals surface area (Å²) in [6.45, 7) is 0.977. The summed E-state index contributed by atoms with van der Waals surface area (Å²) in [5.41, 5.74) is 2.94. The van der Waals surface area contributed by atoms with Gasteiger partial charge in [0.1, 0.15) is 12.0 Å². The maximum absolute atomic E-state index is 12.6. The molecule has 0 saturated heterocycles. The van der Waals surface area contributed by atoms with Crippen molar-refractivity contribution >= 4 is 5.91 Å². The molecule has 1 amide bonds. The lowest BCUT2D eigenvalue weighted by Gasteiger charge is -2.14. The number of fused-ring (bicyclic) bond motifs is 3. The molecule has 128 valence electrons. The molecule has 0 radical (unpaired) electrons. The van der Waals surface area contributed by atoms with E-state index in [-0.39, 0.29) is 5.91 Å². The van der Waals surface area contributed by atoms with Crippen molar-refractivity contribution < 1.29 is 9.32 Å². The Labute approximate surface area is 144 Å². The summed E-state index contributed by atoms with van der Waals surface area (Å²) in [5.74, 6) is 0.942. The first-order valence-corrected chi connectivity index (χ1v) is 7.93. The van der Waals surface area contributed by atoms with Crippen LogP contribution in [0.4, 0.5) is 0 Å². The standard InChI is InChI=1S/C17H18N6O2/c1-21(2)9-14-19-16(20-25-14)15-13-8-22(3)17(24)11-6-4-5-7-12(11)23(13)10-18-15/h4-7,10H,8-9H2,1-3H3. The lowest BCUT2D eigenvalue weighted by molar-refractivity contribution is 0.0788. The fraction of sp³-hybridized carbons (Fsp3) is 0.294. The second-order valence-corrected chi connectivity index (χ2v) is 6.34. The van der Waals surface area contributed by atoms with Crippen LogP contribution in [-0.4, -0.2) is 56.5 Å². The maximum atomic E-state index is 12.6. The molecular formula is C17H18N6O2. The highest BCUT2D eigenvalue weighted by molar-refractivity contribution is 5.98. The Morgan fingerprint density at radius 1 is 1.28 bits per heavy atom. The van der Waals surface area contributed by atoms with Gasteiger partial charge < -0.3 is 14.3 Å². The number of imidazole rings is 1. The Hall–Kier alpha value is -3.00. The first-order chi connectivity index (χ1) is 12.0. The Bertz CT molecular complexity index is 942. The summed E-state index contributed by atoms with van der Waals surface area (Å²) in [4.78, 5) is 25.2. The number of carbonyl (C=O) groups excluding carboxylic acids is 1. The summed E-state index contributed by atoms with van der Waals surface area (Å²) in [6, 6.07) is 7.51. The summed E-state index contributed by atoms with van der Waals surface area (Å²) in [5, 5.41) is 4.06. The van der Waals surface area contributed by atoms with Gasteiger partial charge in [0.25, 0.3) is 5.91 Å². The smallest absolute Gasteiger partial charge is 0.256 e. The van der Waals surface area contributed by atoms with Crippen LogP contribution in [0.2, 0.25) is 0 Å². The molecule has 3 aromatic rings. The number of aromatic nitrogens is 4. The van der Waals surface area contributed by atoms with Crippen LogP contribution in [0.25, 0.3) is 17.2 Å². The third-order valence-corrected chi connectivity index (χ3v) is 4.13. The molecule has 1 aliphatic rings. The number of hydrogen-bond donors (Lipinski definition) is 0. The molecule has 1 aliphatic heterocycles. The zero-order valence-corrected chi connectivity index (χ0v) is 14.3. The molecule has 0 bridgehead atoms. The number of benzene rings is 1. The largest absolute Gasteiger partial charge is 0.337 e. The first-order valence-electron chi connectivity index (χ1n) is 7.93. The van der Waals surface area contributed by atoms with Crippen LogP contribution >= 0.6 is 0 Å². The average molecular weight is 338 g/mol. The Kier molecular flexibility index (Phi) is 3.61. The van der Waals surface area contributed by atoms with E-state index < -0.39 is 0 Å². The molecule has 8 nitrogen and oxygen atoms in total. The zero-order chi connectivity index (χ0) is 17.6. The van der Waals surface area contributed by atoms with Crippen molar-refractivity contribution in [1.82, 2.24) is 29.5 Å². The number of nitrogens with zero attached hydrogens (tertiary/aromatic N) is 6. The normalized spacial score (nSPS) is 13.8. The summed E-state index contributed by atoms with van der Waals surface area (Å²) in [6.07, 6.45) is 1.71. The predicted molar refractivity (Wildman–Crippen MR) is 90.0 cm³/mol. The second-order valence-electron chi connectivity index (χ2n) is 6.34. The molecule has 0 atom stereocenters. The second kappa shape index (κ2) is 5.82. The molecule has 2 aromatic heterocycles.